The van der Waals surface area contributed by atoms with Gasteiger partial charge in [0.1, 0.15) is 11.3 Å². The summed E-state index contributed by atoms with van der Waals surface area (Å²) < 4.78 is 0. The lowest BCUT2D eigenvalue weighted by molar-refractivity contribution is -0.115. The SMILES string of the molecule is CCC(=O)Nc1cncc(-c2cc3c(-c4cc5c(-c6ccc(C(C)=O)s6)ccnc5[nH]4)n[nH]c3cn2)c1. The normalized spacial score (nSPS) is 11.3. The van der Waals surface area contributed by atoms with Crippen LogP contribution in [0.15, 0.2) is 61.2 Å². The Kier molecular flexibility index (Phi) is 5.57. The molecule has 0 atom stereocenters. The van der Waals surface area contributed by atoms with Gasteiger partial charge >= 0.3 is 0 Å². The number of anilines is 1. The van der Waals surface area contributed by atoms with E-state index in [2.05, 4.69) is 35.5 Å². The molecule has 0 saturated heterocycles. The molecule has 10 heteroatoms. The number of hydrogen-bond acceptors (Lipinski definition) is 7. The number of carbonyl (C=O) groups is 2. The number of nitrogens with zero attached hydrogens (tertiary/aromatic N) is 4. The van der Waals surface area contributed by atoms with Gasteiger partial charge < -0.3 is 10.3 Å². The van der Waals surface area contributed by atoms with E-state index in [4.69, 9.17) is 0 Å². The largest absolute Gasteiger partial charge is 0.338 e. The molecule has 6 heterocycles. The number of amides is 1. The fourth-order valence-electron chi connectivity index (χ4n) is 4.22. The predicted octanol–water partition coefficient (Wildman–Crippen LogP) is 5.84. The number of nitrogens with one attached hydrogen (secondary N) is 3. The van der Waals surface area contributed by atoms with Gasteiger partial charge in [0, 0.05) is 45.6 Å². The van der Waals surface area contributed by atoms with Crippen LogP contribution in [0.4, 0.5) is 5.69 Å². The Morgan fingerprint density at radius 2 is 1.92 bits per heavy atom. The van der Waals surface area contributed by atoms with E-state index in [1.165, 1.54) is 11.3 Å². The van der Waals surface area contributed by atoms with Crippen molar-refractivity contribution in [2.45, 2.75) is 20.3 Å². The zero-order valence-electron chi connectivity index (χ0n) is 20.0. The van der Waals surface area contributed by atoms with E-state index in [-0.39, 0.29) is 11.7 Å². The number of aromatic nitrogens is 6. The van der Waals surface area contributed by atoms with E-state index in [0.717, 1.165) is 54.2 Å². The lowest BCUT2D eigenvalue weighted by atomic mass is 10.1. The first kappa shape index (κ1) is 22.7. The summed E-state index contributed by atoms with van der Waals surface area (Å²) in [6.45, 7) is 3.38. The second-order valence-electron chi connectivity index (χ2n) is 8.58. The summed E-state index contributed by atoms with van der Waals surface area (Å²) in [4.78, 5) is 42.1. The topological polar surface area (TPSA) is 129 Å². The van der Waals surface area contributed by atoms with Crippen molar-refractivity contribution in [1.82, 2.24) is 30.1 Å². The van der Waals surface area contributed by atoms with Crippen LogP contribution in [0.1, 0.15) is 29.9 Å². The van der Waals surface area contributed by atoms with Crippen molar-refractivity contribution >= 4 is 50.7 Å². The fraction of sp³-hybridized carbons (Fsp3) is 0.111. The first-order chi connectivity index (χ1) is 18.0. The molecule has 0 aliphatic carbocycles. The molecule has 182 valence electrons. The number of aromatic amines is 2. The summed E-state index contributed by atoms with van der Waals surface area (Å²) in [6.07, 6.45) is 7.21. The van der Waals surface area contributed by atoms with Crippen molar-refractivity contribution in [3.05, 3.63) is 66.1 Å². The van der Waals surface area contributed by atoms with Crippen molar-refractivity contribution in [1.29, 1.82) is 0 Å². The molecule has 0 bridgehead atoms. The standard InChI is InChI=1S/C27H21N7O2S/c1-3-25(36)31-16-8-15(11-28-12-16)20-10-19-22(13-30-20)33-34-26(19)21-9-18-17(6-7-29-27(18)32-21)24-5-4-23(37-24)14(2)35/h4-13H,3H2,1-2H3,(H,29,32)(H,31,36)(H,33,34). The molecule has 0 unspecified atom stereocenters. The maximum absolute atomic E-state index is 11.8. The Hall–Kier alpha value is -4.70. The minimum absolute atomic E-state index is 0.0530. The third-order valence-electron chi connectivity index (χ3n) is 6.09. The lowest BCUT2D eigenvalue weighted by Gasteiger charge is -2.06. The number of thiophene rings is 1. The van der Waals surface area contributed by atoms with Crippen LogP contribution in [0.5, 0.6) is 0 Å². The molecule has 37 heavy (non-hydrogen) atoms. The maximum Gasteiger partial charge on any atom is 0.224 e. The lowest BCUT2D eigenvalue weighted by Crippen LogP contribution is -2.09. The van der Waals surface area contributed by atoms with E-state index < -0.39 is 0 Å². The highest BCUT2D eigenvalue weighted by atomic mass is 32.1. The summed E-state index contributed by atoms with van der Waals surface area (Å²) in [6, 6.07) is 11.6. The Bertz CT molecular complexity index is 1810. The number of ketones is 1. The van der Waals surface area contributed by atoms with Gasteiger partial charge in [0.15, 0.2) is 5.78 Å². The van der Waals surface area contributed by atoms with Gasteiger partial charge in [0.25, 0.3) is 0 Å². The van der Waals surface area contributed by atoms with Gasteiger partial charge in [0.2, 0.25) is 5.91 Å². The number of Topliss-reactive ketones (excluding diaryl/α,β-unsaturated/α-hetero) is 1. The Morgan fingerprint density at radius 1 is 1.03 bits per heavy atom. The van der Waals surface area contributed by atoms with Gasteiger partial charge in [-0.05, 0) is 43.3 Å². The van der Waals surface area contributed by atoms with E-state index in [9.17, 15) is 9.59 Å². The first-order valence-electron chi connectivity index (χ1n) is 11.7. The fourth-order valence-corrected chi connectivity index (χ4v) is 5.16. The Labute approximate surface area is 215 Å². The summed E-state index contributed by atoms with van der Waals surface area (Å²) in [5.41, 5.74) is 6.18. The molecule has 0 aromatic carbocycles. The van der Waals surface area contributed by atoms with Gasteiger partial charge in [-0.25, -0.2) is 4.98 Å². The molecule has 0 radical (unpaired) electrons. The number of pyridine rings is 3. The Balaban J connectivity index is 1.42. The monoisotopic (exact) mass is 507 g/mol. The average Bonchev–Trinajstić information content (AvgIpc) is 3.66. The van der Waals surface area contributed by atoms with Crippen LogP contribution in [0.2, 0.25) is 0 Å². The highest BCUT2D eigenvalue weighted by Gasteiger charge is 2.17. The summed E-state index contributed by atoms with van der Waals surface area (Å²) in [7, 11) is 0. The van der Waals surface area contributed by atoms with Crippen LogP contribution in [-0.2, 0) is 4.79 Å². The zero-order valence-corrected chi connectivity index (χ0v) is 20.8. The smallest absolute Gasteiger partial charge is 0.224 e. The molecule has 6 aromatic rings. The molecule has 9 nitrogen and oxygen atoms in total. The quantitative estimate of drug-likeness (QED) is 0.243. The second-order valence-corrected chi connectivity index (χ2v) is 9.66. The third kappa shape index (κ3) is 4.17. The van der Waals surface area contributed by atoms with Crippen molar-refractivity contribution in [2.24, 2.45) is 0 Å². The average molecular weight is 508 g/mol. The molecular formula is C27H21N7O2S. The minimum Gasteiger partial charge on any atom is -0.338 e. The first-order valence-corrected chi connectivity index (χ1v) is 12.5. The van der Waals surface area contributed by atoms with Crippen LogP contribution >= 0.6 is 11.3 Å². The molecule has 6 aromatic heterocycles. The van der Waals surface area contributed by atoms with Gasteiger partial charge in [-0.15, -0.1) is 11.3 Å². The summed E-state index contributed by atoms with van der Waals surface area (Å²) in [5, 5.41) is 12.3. The predicted molar refractivity (Wildman–Crippen MR) is 144 cm³/mol. The van der Waals surface area contributed by atoms with Crippen LogP contribution in [0.25, 0.3) is 55.0 Å². The molecule has 0 aliphatic rings. The van der Waals surface area contributed by atoms with E-state index in [1.54, 1.807) is 38.6 Å². The highest BCUT2D eigenvalue weighted by molar-refractivity contribution is 7.17. The Morgan fingerprint density at radius 3 is 2.73 bits per heavy atom. The molecular weight excluding hydrogens is 486 g/mol. The van der Waals surface area contributed by atoms with Crippen molar-refractivity contribution < 1.29 is 9.59 Å². The van der Waals surface area contributed by atoms with Gasteiger partial charge in [-0.1, -0.05) is 6.92 Å². The summed E-state index contributed by atoms with van der Waals surface area (Å²) in [5.74, 6) is -0.0245. The molecule has 0 spiro atoms. The van der Waals surface area contributed by atoms with Gasteiger partial charge in [0.05, 0.1) is 39.9 Å². The van der Waals surface area contributed by atoms with Crippen LogP contribution in [-0.4, -0.2) is 41.8 Å². The van der Waals surface area contributed by atoms with E-state index in [0.29, 0.717) is 17.8 Å². The van der Waals surface area contributed by atoms with Crippen LogP contribution < -0.4 is 5.32 Å². The minimum atomic E-state index is -0.0775. The van der Waals surface area contributed by atoms with Crippen molar-refractivity contribution in [2.75, 3.05) is 5.32 Å². The van der Waals surface area contributed by atoms with Gasteiger partial charge in [-0.2, -0.15) is 5.10 Å². The molecule has 0 fully saturated rings. The van der Waals surface area contributed by atoms with Crippen molar-refractivity contribution in [3.63, 3.8) is 0 Å². The molecule has 1 amide bonds. The molecule has 3 N–H and O–H groups in total. The van der Waals surface area contributed by atoms with E-state index >= 15 is 0 Å². The number of H-pyrrole nitrogens is 2. The van der Waals surface area contributed by atoms with Gasteiger partial charge in [-0.3, -0.25) is 24.7 Å². The number of hydrogen-bond donors (Lipinski definition) is 3. The van der Waals surface area contributed by atoms with Crippen LogP contribution in [0, 0.1) is 0 Å². The van der Waals surface area contributed by atoms with Crippen LogP contribution in [0.3, 0.4) is 0 Å². The molecule has 0 saturated carbocycles. The zero-order chi connectivity index (χ0) is 25.5. The summed E-state index contributed by atoms with van der Waals surface area (Å²) >= 11 is 1.47. The highest BCUT2D eigenvalue weighted by Crippen LogP contribution is 2.36. The number of fused-ring (bicyclic) bond motifs is 2. The third-order valence-corrected chi connectivity index (χ3v) is 7.31. The molecule has 6 rings (SSSR count). The van der Waals surface area contributed by atoms with Crippen molar-refractivity contribution in [3.8, 4) is 33.1 Å². The number of rotatable bonds is 6. The number of carbonyl (C=O) groups excluding carboxylic acids is 2. The molecule has 0 aliphatic heterocycles. The second kappa shape index (κ2) is 9.07. The maximum atomic E-state index is 11.8. The van der Waals surface area contributed by atoms with E-state index in [1.807, 2.05) is 36.4 Å².